The van der Waals surface area contributed by atoms with E-state index in [9.17, 15) is 14.4 Å². The summed E-state index contributed by atoms with van der Waals surface area (Å²) in [6.45, 7) is 0.770. The summed E-state index contributed by atoms with van der Waals surface area (Å²) in [5.74, 6) is -1.37. The van der Waals surface area contributed by atoms with Crippen molar-refractivity contribution in [2.45, 2.75) is 0 Å². The van der Waals surface area contributed by atoms with Gasteiger partial charge in [-0.2, -0.15) is 0 Å². The molecule has 1 aromatic heterocycles. The Balaban J connectivity index is 1.49. The molecule has 0 saturated carbocycles. The number of rotatable bonds is 4. The Bertz CT molecular complexity index is 998. The quantitative estimate of drug-likeness (QED) is 0.506. The number of hydrogen-bond donors (Lipinski definition) is 2. The third kappa shape index (κ3) is 5.49. The van der Waals surface area contributed by atoms with Gasteiger partial charge in [0.25, 0.3) is 5.91 Å². The molecule has 0 unspecified atom stereocenters. The van der Waals surface area contributed by atoms with Gasteiger partial charge in [0.2, 0.25) is 0 Å². The van der Waals surface area contributed by atoms with Crippen molar-refractivity contribution < 1.29 is 19.1 Å². The zero-order valence-electron chi connectivity index (χ0n) is 16.1. The number of nitrogens with one attached hydrogen (secondary N) is 1. The Kier molecular flexibility index (Phi) is 7.42. The summed E-state index contributed by atoms with van der Waals surface area (Å²) >= 11 is 17.6. The summed E-state index contributed by atoms with van der Waals surface area (Å²) in [6, 6.07) is 8.82. The normalized spacial score (nSPS) is 13.6. The van der Waals surface area contributed by atoms with Gasteiger partial charge >= 0.3 is 12.0 Å². The highest BCUT2D eigenvalue weighted by atomic mass is 35.5. The van der Waals surface area contributed by atoms with Crippen LogP contribution < -0.4 is 11.1 Å². The number of pyridine rings is 1. The number of urea groups is 1. The van der Waals surface area contributed by atoms with E-state index in [1.165, 1.54) is 4.90 Å². The highest BCUT2D eigenvalue weighted by molar-refractivity contribution is 6.46. The number of piperazine rings is 1. The number of halogens is 3. The molecule has 9 nitrogen and oxygen atoms in total. The molecule has 0 aliphatic carbocycles. The van der Waals surface area contributed by atoms with E-state index in [1.807, 2.05) is 18.2 Å². The molecule has 3 N–H and O–H groups in total. The van der Waals surface area contributed by atoms with Gasteiger partial charge in [0, 0.05) is 31.9 Å². The molecule has 2 aromatic rings. The van der Waals surface area contributed by atoms with Gasteiger partial charge in [-0.3, -0.25) is 4.79 Å². The fraction of sp³-hybridized carbons (Fsp3) is 0.263. The zero-order chi connectivity index (χ0) is 22.5. The zero-order valence-corrected chi connectivity index (χ0v) is 18.4. The van der Waals surface area contributed by atoms with Gasteiger partial charge in [0.05, 0.1) is 10.7 Å². The second kappa shape index (κ2) is 10.0. The maximum atomic E-state index is 12.4. The third-order valence-electron chi connectivity index (χ3n) is 4.54. The Morgan fingerprint density at radius 3 is 2.26 bits per heavy atom. The molecule has 3 amide bonds. The number of esters is 1. The van der Waals surface area contributed by atoms with Crippen LogP contribution in [0.3, 0.4) is 0 Å². The average molecular weight is 487 g/mol. The molecule has 1 aromatic carbocycles. The maximum Gasteiger partial charge on any atom is 0.359 e. The standard InChI is InChI=1S/C19H18Cl3N5O4/c20-13-15(23)14(21)17(22)25-16(13)18(29)31-10-12(28)26-6-8-27(9-7-26)19(30)24-11-4-2-1-3-5-11/h1-5H,6-10H2,(H2,23,25)(H,24,30). The first-order chi connectivity index (χ1) is 14.8. The van der Waals surface area contributed by atoms with Gasteiger partial charge in [-0.05, 0) is 12.1 Å². The number of nitrogens with two attached hydrogens (primary N) is 1. The number of carbonyl (C=O) groups is 3. The lowest BCUT2D eigenvalue weighted by Gasteiger charge is -2.34. The van der Waals surface area contributed by atoms with Crippen molar-refractivity contribution in [3.63, 3.8) is 0 Å². The molecule has 1 fully saturated rings. The Morgan fingerprint density at radius 2 is 1.61 bits per heavy atom. The van der Waals surface area contributed by atoms with Crippen molar-refractivity contribution in [1.29, 1.82) is 0 Å². The molecule has 0 radical (unpaired) electrons. The van der Waals surface area contributed by atoms with E-state index in [0.717, 1.165) is 0 Å². The first-order valence-corrected chi connectivity index (χ1v) is 10.3. The molecule has 0 spiro atoms. The van der Waals surface area contributed by atoms with E-state index in [0.29, 0.717) is 31.9 Å². The van der Waals surface area contributed by atoms with Crippen LogP contribution in [0.4, 0.5) is 16.2 Å². The predicted molar refractivity (Wildman–Crippen MR) is 118 cm³/mol. The van der Waals surface area contributed by atoms with Crippen LogP contribution in [-0.4, -0.2) is 65.5 Å². The predicted octanol–water partition coefficient (Wildman–Crippen LogP) is 3.16. The minimum atomic E-state index is -0.954. The SMILES string of the molecule is Nc1c(Cl)c(Cl)nc(C(=O)OCC(=O)N2CCN(C(=O)Nc3ccccc3)CC2)c1Cl. The minimum absolute atomic E-state index is 0.0755. The van der Waals surface area contributed by atoms with Crippen molar-refractivity contribution in [1.82, 2.24) is 14.8 Å². The van der Waals surface area contributed by atoms with E-state index in [1.54, 1.807) is 17.0 Å². The van der Waals surface area contributed by atoms with Crippen LogP contribution in [0.2, 0.25) is 15.2 Å². The molecule has 31 heavy (non-hydrogen) atoms. The molecule has 12 heteroatoms. The van der Waals surface area contributed by atoms with E-state index in [4.69, 9.17) is 45.3 Å². The first-order valence-electron chi connectivity index (χ1n) is 9.13. The summed E-state index contributed by atoms with van der Waals surface area (Å²) in [7, 11) is 0. The molecule has 3 rings (SSSR count). The Morgan fingerprint density at radius 1 is 1.00 bits per heavy atom. The molecular weight excluding hydrogens is 469 g/mol. The van der Waals surface area contributed by atoms with E-state index in [2.05, 4.69) is 10.3 Å². The molecule has 0 bridgehead atoms. The number of nitrogen functional groups attached to an aromatic ring is 1. The molecule has 164 valence electrons. The van der Waals surface area contributed by atoms with E-state index < -0.39 is 18.5 Å². The van der Waals surface area contributed by atoms with Crippen LogP contribution in [-0.2, 0) is 9.53 Å². The number of aromatic nitrogens is 1. The first kappa shape index (κ1) is 22.9. The fourth-order valence-electron chi connectivity index (χ4n) is 2.84. The number of carbonyl (C=O) groups excluding carboxylic acids is 3. The number of para-hydroxylation sites is 1. The van der Waals surface area contributed by atoms with Crippen LogP contribution in [0.1, 0.15) is 10.5 Å². The number of hydrogen-bond acceptors (Lipinski definition) is 6. The van der Waals surface area contributed by atoms with Crippen molar-refractivity contribution in [2.24, 2.45) is 0 Å². The maximum absolute atomic E-state index is 12.4. The number of amides is 3. The second-order valence-corrected chi connectivity index (χ2v) is 7.65. The second-order valence-electron chi connectivity index (χ2n) is 6.53. The largest absolute Gasteiger partial charge is 0.451 e. The van der Waals surface area contributed by atoms with Gasteiger partial charge in [-0.1, -0.05) is 53.0 Å². The van der Waals surface area contributed by atoms with E-state index in [-0.39, 0.29) is 32.6 Å². The van der Waals surface area contributed by atoms with Crippen LogP contribution in [0.15, 0.2) is 30.3 Å². The summed E-state index contributed by atoms with van der Waals surface area (Å²) in [5.41, 5.74) is 5.92. The van der Waals surface area contributed by atoms with Gasteiger partial charge < -0.3 is 25.6 Å². The minimum Gasteiger partial charge on any atom is -0.451 e. The monoisotopic (exact) mass is 485 g/mol. The van der Waals surface area contributed by atoms with Crippen LogP contribution in [0.5, 0.6) is 0 Å². The highest BCUT2D eigenvalue weighted by Crippen LogP contribution is 2.34. The van der Waals surface area contributed by atoms with Gasteiger partial charge in [0.1, 0.15) is 5.02 Å². The number of ether oxygens (including phenoxy) is 1. The molecule has 1 aliphatic rings. The van der Waals surface area contributed by atoms with E-state index >= 15 is 0 Å². The van der Waals surface area contributed by atoms with Crippen LogP contribution >= 0.6 is 34.8 Å². The Labute approximate surface area is 193 Å². The lowest BCUT2D eigenvalue weighted by Crippen LogP contribution is -2.52. The van der Waals surface area contributed by atoms with Crippen molar-refractivity contribution in [2.75, 3.05) is 43.8 Å². The lowest BCUT2D eigenvalue weighted by atomic mass is 10.3. The smallest absolute Gasteiger partial charge is 0.359 e. The van der Waals surface area contributed by atoms with Crippen molar-refractivity contribution in [3.05, 3.63) is 51.2 Å². The summed E-state index contributed by atoms with van der Waals surface area (Å²) < 4.78 is 5.00. The summed E-state index contributed by atoms with van der Waals surface area (Å²) in [5, 5.41) is 2.32. The molecular formula is C19H18Cl3N5O4. The molecule has 1 saturated heterocycles. The summed E-state index contributed by atoms with van der Waals surface area (Å²) in [4.78, 5) is 43.8. The Hall–Kier alpha value is -2.75. The van der Waals surface area contributed by atoms with Crippen molar-refractivity contribution >= 4 is 64.1 Å². The topological polar surface area (TPSA) is 118 Å². The van der Waals surface area contributed by atoms with Crippen LogP contribution in [0, 0.1) is 0 Å². The average Bonchev–Trinajstić information content (AvgIpc) is 2.79. The van der Waals surface area contributed by atoms with Gasteiger partial charge in [-0.25, -0.2) is 14.6 Å². The molecule has 1 aliphatic heterocycles. The third-order valence-corrected chi connectivity index (χ3v) is 5.67. The fourth-order valence-corrected chi connectivity index (χ4v) is 3.42. The number of benzene rings is 1. The molecule has 2 heterocycles. The summed E-state index contributed by atoms with van der Waals surface area (Å²) in [6.07, 6.45) is 0. The number of nitrogens with zero attached hydrogens (tertiary/aromatic N) is 3. The molecule has 0 atom stereocenters. The highest BCUT2D eigenvalue weighted by Gasteiger charge is 2.26. The van der Waals surface area contributed by atoms with Crippen molar-refractivity contribution in [3.8, 4) is 0 Å². The van der Waals surface area contributed by atoms with Gasteiger partial charge in [0.15, 0.2) is 17.5 Å². The lowest BCUT2D eigenvalue weighted by molar-refractivity contribution is -0.135. The van der Waals surface area contributed by atoms with Crippen LogP contribution in [0.25, 0.3) is 0 Å². The van der Waals surface area contributed by atoms with Gasteiger partial charge in [-0.15, -0.1) is 0 Å². The number of anilines is 2.